The molecule has 0 aliphatic carbocycles. The summed E-state index contributed by atoms with van der Waals surface area (Å²) in [6.45, 7) is 2.36. The van der Waals surface area contributed by atoms with E-state index in [0.29, 0.717) is 0 Å². The average Bonchev–Trinajstić information content (AvgIpc) is 2.61. The van der Waals surface area contributed by atoms with Crippen molar-refractivity contribution in [1.82, 2.24) is 0 Å². The highest BCUT2D eigenvalue weighted by molar-refractivity contribution is 5.85. The van der Waals surface area contributed by atoms with Gasteiger partial charge in [0.05, 0.1) is 14.2 Å². The Labute approximate surface area is 152 Å². The van der Waals surface area contributed by atoms with Gasteiger partial charge in [-0.2, -0.15) is 0 Å². The predicted molar refractivity (Wildman–Crippen MR) is 104 cm³/mol. The zero-order valence-corrected chi connectivity index (χ0v) is 15.8. The van der Waals surface area contributed by atoms with Crippen molar-refractivity contribution >= 4 is 12.4 Å². The summed E-state index contributed by atoms with van der Waals surface area (Å²) in [6, 6.07) is 16.9. The maximum absolute atomic E-state index is 5.20. The van der Waals surface area contributed by atoms with E-state index < -0.39 is 0 Å². The van der Waals surface area contributed by atoms with E-state index in [1.165, 1.54) is 30.4 Å². The summed E-state index contributed by atoms with van der Waals surface area (Å²) in [4.78, 5) is 0. The van der Waals surface area contributed by atoms with Crippen molar-refractivity contribution in [1.29, 1.82) is 0 Å². The second-order valence-electron chi connectivity index (χ2n) is 6.23. The molecule has 3 heteroatoms. The standard InChI is InChI=1S/C21H28O2.ClH/c1-17(7-8-19-11-15-21(23-3)16-12-19)5-4-6-18-9-13-20(22-2)14-10-18;/h9-17H,4-8H2,1-3H3;1H. The monoisotopic (exact) mass is 348 g/mol. The van der Waals surface area contributed by atoms with Crippen LogP contribution in [0.15, 0.2) is 48.5 Å². The lowest BCUT2D eigenvalue weighted by Gasteiger charge is -2.12. The SMILES string of the molecule is COc1ccc(CCCC(C)CCc2ccc(OC)cc2)cc1.Cl. The molecular weight excluding hydrogens is 320 g/mol. The molecule has 2 nitrogen and oxygen atoms in total. The highest BCUT2D eigenvalue weighted by Crippen LogP contribution is 2.19. The van der Waals surface area contributed by atoms with E-state index >= 15 is 0 Å². The van der Waals surface area contributed by atoms with E-state index in [2.05, 4.69) is 31.2 Å². The smallest absolute Gasteiger partial charge is 0.118 e. The van der Waals surface area contributed by atoms with Crippen LogP contribution in [0.1, 0.15) is 37.3 Å². The van der Waals surface area contributed by atoms with Gasteiger partial charge in [-0.3, -0.25) is 0 Å². The lowest BCUT2D eigenvalue weighted by Crippen LogP contribution is -1.99. The van der Waals surface area contributed by atoms with Crippen molar-refractivity contribution in [3.05, 3.63) is 59.7 Å². The van der Waals surface area contributed by atoms with Crippen LogP contribution in [0, 0.1) is 5.92 Å². The first-order valence-corrected chi connectivity index (χ1v) is 8.47. The summed E-state index contributed by atoms with van der Waals surface area (Å²) in [6.07, 6.45) is 6.07. The van der Waals surface area contributed by atoms with Crippen LogP contribution in [-0.2, 0) is 12.8 Å². The lowest BCUT2D eigenvalue weighted by molar-refractivity contribution is 0.414. The first-order chi connectivity index (χ1) is 11.2. The van der Waals surface area contributed by atoms with Crippen LogP contribution in [-0.4, -0.2) is 14.2 Å². The molecule has 0 amide bonds. The summed E-state index contributed by atoms with van der Waals surface area (Å²) in [5.74, 6) is 2.62. The fourth-order valence-corrected chi connectivity index (χ4v) is 2.80. The van der Waals surface area contributed by atoms with E-state index in [1.807, 2.05) is 24.3 Å². The molecule has 2 aromatic rings. The highest BCUT2D eigenvalue weighted by Gasteiger charge is 2.04. The number of aryl methyl sites for hydroxylation is 2. The molecule has 0 spiro atoms. The van der Waals surface area contributed by atoms with E-state index in [1.54, 1.807) is 14.2 Å². The molecule has 132 valence electrons. The van der Waals surface area contributed by atoms with Crippen LogP contribution in [0.25, 0.3) is 0 Å². The van der Waals surface area contributed by atoms with Gasteiger partial charge in [-0.05, 0) is 67.0 Å². The molecule has 0 heterocycles. The second kappa shape index (κ2) is 11.0. The van der Waals surface area contributed by atoms with Gasteiger partial charge >= 0.3 is 0 Å². The minimum Gasteiger partial charge on any atom is -0.497 e. The van der Waals surface area contributed by atoms with Gasteiger partial charge < -0.3 is 9.47 Å². The van der Waals surface area contributed by atoms with Gasteiger partial charge in [0.25, 0.3) is 0 Å². The Balaban J connectivity index is 0.00000288. The highest BCUT2D eigenvalue weighted by atomic mass is 35.5. The third-order valence-electron chi connectivity index (χ3n) is 4.41. The van der Waals surface area contributed by atoms with Crippen LogP contribution in [0.3, 0.4) is 0 Å². The third kappa shape index (κ3) is 6.84. The molecule has 0 radical (unpaired) electrons. The molecular formula is C21H29ClO2. The van der Waals surface area contributed by atoms with Crippen LogP contribution in [0.4, 0.5) is 0 Å². The Kier molecular flexibility index (Phi) is 9.33. The topological polar surface area (TPSA) is 18.5 Å². The molecule has 2 rings (SSSR count). The van der Waals surface area contributed by atoms with E-state index in [9.17, 15) is 0 Å². The Hall–Kier alpha value is -1.67. The molecule has 2 aromatic carbocycles. The van der Waals surface area contributed by atoms with Gasteiger partial charge in [0, 0.05) is 0 Å². The number of benzene rings is 2. The molecule has 0 aromatic heterocycles. The number of halogens is 1. The van der Waals surface area contributed by atoms with Crippen molar-refractivity contribution in [3.8, 4) is 11.5 Å². The number of methoxy groups -OCH3 is 2. The summed E-state index contributed by atoms with van der Waals surface area (Å²) in [7, 11) is 3.42. The molecule has 0 N–H and O–H groups in total. The van der Waals surface area contributed by atoms with Gasteiger partial charge in [-0.15, -0.1) is 12.4 Å². The van der Waals surface area contributed by atoms with Crippen molar-refractivity contribution in [3.63, 3.8) is 0 Å². The van der Waals surface area contributed by atoms with Gasteiger partial charge in [0.2, 0.25) is 0 Å². The maximum Gasteiger partial charge on any atom is 0.118 e. The minimum absolute atomic E-state index is 0. The van der Waals surface area contributed by atoms with Crippen molar-refractivity contribution in [2.45, 2.75) is 39.0 Å². The maximum atomic E-state index is 5.20. The van der Waals surface area contributed by atoms with E-state index in [-0.39, 0.29) is 12.4 Å². The van der Waals surface area contributed by atoms with Crippen LogP contribution in [0.5, 0.6) is 11.5 Å². The number of rotatable bonds is 9. The van der Waals surface area contributed by atoms with Crippen LogP contribution < -0.4 is 9.47 Å². The summed E-state index contributed by atoms with van der Waals surface area (Å²) < 4.78 is 10.4. The molecule has 0 saturated carbocycles. The second-order valence-corrected chi connectivity index (χ2v) is 6.23. The third-order valence-corrected chi connectivity index (χ3v) is 4.41. The van der Waals surface area contributed by atoms with Crippen molar-refractivity contribution in [2.24, 2.45) is 5.92 Å². The average molecular weight is 349 g/mol. The Morgan fingerprint density at radius 1 is 0.708 bits per heavy atom. The molecule has 0 fully saturated rings. The zero-order valence-electron chi connectivity index (χ0n) is 15.0. The first-order valence-electron chi connectivity index (χ1n) is 8.47. The fraction of sp³-hybridized carbons (Fsp3) is 0.429. The summed E-state index contributed by atoms with van der Waals surface area (Å²) >= 11 is 0. The van der Waals surface area contributed by atoms with Gasteiger partial charge in [-0.25, -0.2) is 0 Å². The molecule has 1 unspecified atom stereocenters. The fourth-order valence-electron chi connectivity index (χ4n) is 2.80. The molecule has 0 aliphatic heterocycles. The minimum atomic E-state index is 0. The van der Waals surface area contributed by atoms with E-state index in [4.69, 9.17) is 9.47 Å². The normalized spacial score (nSPS) is 11.5. The number of hydrogen-bond acceptors (Lipinski definition) is 2. The Morgan fingerprint density at radius 2 is 1.17 bits per heavy atom. The van der Waals surface area contributed by atoms with Crippen molar-refractivity contribution in [2.75, 3.05) is 14.2 Å². The van der Waals surface area contributed by atoms with Gasteiger partial charge in [0.15, 0.2) is 0 Å². The lowest BCUT2D eigenvalue weighted by atomic mass is 9.95. The molecule has 0 saturated heterocycles. The number of hydrogen-bond donors (Lipinski definition) is 0. The Morgan fingerprint density at radius 3 is 1.62 bits per heavy atom. The molecule has 0 aliphatic rings. The summed E-state index contributed by atoms with van der Waals surface area (Å²) in [5, 5.41) is 0. The van der Waals surface area contributed by atoms with Crippen molar-refractivity contribution < 1.29 is 9.47 Å². The quantitative estimate of drug-likeness (QED) is 0.577. The summed E-state index contributed by atoms with van der Waals surface area (Å²) in [5.41, 5.74) is 2.79. The Bertz CT molecular complexity index is 563. The molecule has 24 heavy (non-hydrogen) atoms. The first kappa shape index (κ1) is 20.4. The van der Waals surface area contributed by atoms with Crippen LogP contribution >= 0.6 is 12.4 Å². The molecule has 0 bridgehead atoms. The van der Waals surface area contributed by atoms with E-state index in [0.717, 1.165) is 30.3 Å². The largest absolute Gasteiger partial charge is 0.497 e. The van der Waals surface area contributed by atoms with Crippen LogP contribution in [0.2, 0.25) is 0 Å². The van der Waals surface area contributed by atoms with Gasteiger partial charge in [0.1, 0.15) is 11.5 Å². The number of ether oxygens (including phenoxy) is 2. The zero-order chi connectivity index (χ0) is 16.5. The molecule has 1 atom stereocenters. The van der Waals surface area contributed by atoms with Gasteiger partial charge in [-0.1, -0.05) is 37.6 Å². The predicted octanol–water partition coefficient (Wildman–Crippen LogP) is 5.72.